The van der Waals surface area contributed by atoms with Gasteiger partial charge < -0.3 is 19.5 Å². The molecule has 2 amide bonds. The number of amides is 2. The molecule has 1 N–H and O–H groups in total. The molecule has 3 aromatic heterocycles. The number of hydrogen-bond acceptors (Lipinski definition) is 7. The molecule has 0 atom stereocenters. The normalized spacial score (nSPS) is 14.0. The summed E-state index contributed by atoms with van der Waals surface area (Å²) in [6.07, 6.45) is 3.76. The Kier molecular flexibility index (Phi) is 6.29. The lowest BCUT2D eigenvalue weighted by Crippen LogP contribution is -2.49. The maximum absolute atomic E-state index is 13.3. The van der Waals surface area contributed by atoms with Gasteiger partial charge in [-0.05, 0) is 24.6 Å². The van der Waals surface area contributed by atoms with Crippen molar-refractivity contribution in [2.24, 2.45) is 7.05 Å². The van der Waals surface area contributed by atoms with E-state index in [1.165, 1.54) is 17.9 Å². The summed E-state index contributed by atoms with van der Waals surface area (Å²) in [5, 5.41) is 2.96. The first-order valence-electron chi connectivity index (χ1n) is 10.8. The van der Waals surface area contributed by atoms with Crippen LogP contribution in [0.25, 0.3) is 11.0 Å². The number of carbonyl (C=O) groups excluding carboxylic acids is 2. The third-order valence-electron chi connectivity index (χ3n) is 5.72. The summed E-state index contributed by atoms with van der Waals surface area (Å²) < 4.78 is 7.43. The molecule has 11 heteroatoms. The van der Waals surface area contributed by atoms with E-state index in [-0.39, 0.29) is 29.2 Å². The van der Waals surface area contributed by atoms with E-state index in [4.69, 9.17) is 4.42 Å². The number of carbonyl (C=O) groups is 2. The molecule has 0 aliphatic carbocycles. The third-order valence-corrected chi connectivity index (χ3v) is 5.72. The summed E-state index contributed by atoms with van der Waals surface area (Å²) >= 11 is 0. The third kappa shape index (κ3) is 4.26. The summed E-state index contributed by atoms with van der Waals surface area (Å²) in [5.41, 5.74) is -0.287. The number of aromatic nitrogens is 3. The van der Waals surface area contributed by atoms with Gasteiger partial charge in [0.1, 0.15) is 11.9 Å². The predicted octanol–water partition coefficient (Wildman–Crippen LogP) is 0.177. The quantitative estimate of drug-likeness (QED) is 0.564. The van der Waals surface area contributed by atoms with Crippen LogP contribution in [0.5, 0.6) is 0 Å². The van der Waals surface area contributed by atoms with Crippen LogP contribution < -0.4 is 21.5 Å². The number of anilines is 1. The fraction of sp³-hybridized carbons (Fsp3) is 0.409. The zero-order valence-corrected chi connectivity index (χ0v) is 18.6. The SMILES string of the molecule is CCCNC(=O)Cn1c(=O)c2c(N3CCN(C(=O)c4ccco4)CC3)ccnc2n(C)c1=O. The summed E-state index contributed by atoms with van der Waals surface area (Å²) in [5.74, 6) is -0.287. The number of aryl methyl sites for hydroxylation is 1. The number of rotatable bonds is 6. The number of furan rings is 1. The van der Waals surface area contributed by atoms with Gasteiger partial charge in [-0.2, -0.15) is 0 Å². The van der Waals surface area contributed by atoms with Crippen molar-refractivity contribution in [3.8, 4) is 0 Å². The van der Waals surface area contributed by atoms with E-state index in [9.17, 15) is 19.2 Å². The molecule has 4 rings (SSSR count). The van der Waals surface area contributed by atoms with Crippen molar-refractivity contribution in [2.75, 3.05) is 37.6 Å². The molecule has 0 bridgehead atoms. The molecule has 11 nitrogen and oxygen atoms in total. The first kappa shape index (κ1) is 22.3. The lowest BCUT2D eigenvalue weighted by Gasteiger charge is -2.36. The van der Waals surface area contributed by atoms with Crippen LogP contribution in [0.15, 0.2) is 44.7 Å². The van der Waals surface area contributed by atoms with Crippen molar-refractivity contribution in [3.63, 3.8) is 0 Å². The average Bonchev–Trinajstić information content (AvgIpc) is 3.38. The first-order chi connectivity index (χ1) is 15.9. The van der Waals surface area contributed by atoms with E-state index in [0.717, 1.165) is 11.0 Å². The largest absolute Gasteiger partial charge is 0.459 e. The highest BCUT2D eigenvalue weighted by Crippen LogP contribution is 2.23. The second-order valence-corrected chi connectivity index (χ2v) is 7.87. The van der Waals surface area contributed by atoms with Crippen molar-refractivity contribution in [3.05, 3.63) is 57.3 Å². The Morgan fingerprint density at radius 3 is 2.58 bits per heavy atom. The van der Waals surface area contributed by atoms with Gasteiger partial charge in [0, 0.05) is 46.0 Å². The molecule has 1 fully saturated rings. The minimum absolute atomic E-state index is 0.179. The van der Waals surface area contributed by atoms with E-state index >= 15 is 0 Å². The second-order valence-electron chi connectivity index (χ2n) is 7.87. The summed E-state index contributed by atoms with van der Waals surface area (Å²) in [6, 6.07) is 5.02. The molecule has 33 heavy (non-hydrogen) atoms. The van der Waals surface area contributed by atoms with Gasteiger partial charge in [0.2, 0.25) is 5.91 Å². The van der Waals surface area contributed by atoms with Gasteiger partial charge in [-0.15, -0.1) is 0 Å². The molecule has 0 saturated carbocycles. The van der Waals surface area contributed by atoms with Crippen LogP contribution in [0.3, 0.4) is 0 Å². The van der Waals surface area contributed by atoms with Crippen LogP contribution >= 0.6 is 0 Å². The summed E-state index contributed by atoms with van der Waals surface area (Å²) in [6.45, 7) is 3.90. The molecule has 0 unspecified atom stereocenters. The van der Waals surface area contributed by atoms with Crippen LogP contribution in [-0.4, -0.2) is 63.6 Å². The molecule has 0 aromatic carbocycles. The maximum Gasteiger partial charge on any atom is 0.332 e. The standard InChI is InChI=1S/C22H26N6O5/c1-3-7-23-17(29)14-28-21(31)18-15(6-8-24-19(18)25(2)22(28)32)26-9-11-27(12-10-26)20(30)16-5-4-13-33-16/h4-6,8,13H,3,7,9-12,14H2,1-2H3,(H,23,29). The van der Waals surface area contributed by atoms with Gasteiger partial charge in [0.05, 0.1) is 12.0 Å². The van der Waals surface area contributed by atoms with Gasteiger partial charge in [-0.25, -0.2) is 9.78 Å². The van der Waals surface area contributed by atoms with Gasteiger partial charge >= 0.3 is 5.69 Å². The van der Waals surface area contributed by atoms with E-state index in [0.29, 0.717) is 38.4 Å². The number of nitrogens with zero attached hydrogens (tertiary/aromatic N) is 5. The van der Waals surface area contributed by atoms with Gasteiger partial charge in [-0.3, -0.25) is 23.5 Å². The lowest BCUT2D eigenvalue weighted by atomic mass is 10.2. The fourth-order valence-electron chi connectivity index (χ4n) is 3.97. The number of hydrogen-bond donors (Lipinski definition) is 1. The van der Waals surface area contributed by atoms with Crippen molar-refractivity contribution < 1.29 is 14.0 Å². The smallest absolute Gasteiger partial charge is 0.332 e. The molecule has 1 aliphatic rings. The zero-order valence-electron chi connectivity index (χ0n) is 18.6. The average molecular weight is 454 g/mol. The number of pyridine rings is 1. The Balaban J connectivity index is 1.65. The fourth-order valence-corrected chi connectivity index (χ4v) is 3.97. The van der Waals surface area contributed by atoms with Crippen LogP contribution in [0, 0.1) is 0 Å². The van der Waals surface area contributed by atoms with E-state index < -0.39 is 17.2 Å². The Labute approximate surface area is 189 Å². The van der Waals surface area contributed by atoms with Crippen LogP contribution in [-0.2, 0) is 18.4 Å². The predicted molar refractivity (Wildman–Crippen MR) is 121 cm³/mol. The monoisotopic (exact) mass is 454 g/mol. The molecular formula is C22H26N6O5. The van der Waals surface area contributed by atoms with E-state index in [1.807, 2.05) is 11.8 Å². The highest BCUT2D eigenvalue weighted by molar-refractivity contribution is 5.92. The Bertz CT molecular complexity index is 1290. The van der Waals surface area contributed by atoms with Crippen molar-refractivity contribution in [2.45, 2.75) is 19.9 Å². The van der Waals surface area contributed by atoms with Crippen molar-refractivity contribution >= 4 is 28.5 Å². The topological polar surface area (TPSA) is 123 Å². The Hall–Kier alpha value is -3.89. The van der Waals surface area contributed by atoms with Gasteiger partial charge in [0.25, 0.3) is 11.5 Å². The first-order valence-corrected chi connectivity index (χ1v) is 10.8. The molecule has 3 aromatic rings. The molecule has 0 radical (unpaired) electrons. The maximum atomic E-state index is 13.3. The minimum Gasteiger partial charge on any atom is -0.459 e. The second kappa shape index (κ2) is 9.31. The lowest BCUT2D eigenvalue weighted by molar-refractivity contribution is -0.121. The molecule has 1 aliphatic heterocycles. The molecular weight excluding hydrogens is 428 g/mol. The van der Waals surface area contributed by atoms with Crippen LogP contribution in [0.4, 0.5) is 5.69 Å². The van der Waals surface area contributed by atoms with E-state index in [1.54, 1.807) is 29.3 Å². The van der Waals surface area contributed by atoms with Crippen molar-refractivity contribution in [1.29, 1.82) is 0 Å². The molecule has 0 spiro atoms. The highest BCUT2D eigenvalue weighted by Gasteiger charge is 2.26. The van der Waals surface area contributed by atoms with Gasteiger partial charge in [0.15, 0.2) is 11.4 Å². The Morgan fingerprint density at radius 2 is 1.91 bits per heavy atom. The van der Waals surface area contributed by atoms with Crippen LogP contribution in [0.2, 0.25) is 0 Å². The Morgan fingerprint density at radius 1 is 1.15 bits per heavy atom. The minimum atomic E-state index is -0.599. The molecule has 4 heterocycles. The number of piperazine rings is 1. The zero-order chi connectivity index (χ0) is 23.5. The number of fused-ring (bicyclic) bond motifs is 1. The summed E-state index contributed by atoms with van der Waals surface area (Å²) in [4.78, 5) is 58.8. The van der Waals surface area contributed by atoms with Crippen molar-refractivity contribution in [1.82, 2.24) is 24.3 Å². The van der Waals surface area contributed by atoms with E-state index in [2.05, 4.69) is 10.3 Å². The number of nitrogens with one attached hydrogen (secondary N) is 1. The molecule has 1 saturated heterocycles. The molecule has 174 valence electrons. The highest BCUT2D eigenvalue weighted by atomic mass is 16.3. The van der Waals surface area contributed by atoms with Gasteiger partial charge in [-0.1, -0.05) is 6.92 Å². The van der Waals surface area contributed by atoms with Crippen LogP contribution in [0.1, 0.15) is 23.9 Å². The summed E-state index contributed by atoms with van der Waals surface area (Å²) in [7, 11) is 1.53.